The lowest BCUT2D eigenvalue weighted by Crippen LogP contribution is -2.27. The van der Waals surface area contributed by atoms with Crippen LogP contribution in [0.3, 0.4) is 0 Å². The number of amides is 1. The normalized spacial score (nSPS) is 11.0. The molecule has 0 atom stereocenters. The van der Waals surface area contributed by atoms with Crippen molar-refractivity contribution < 1.29 is 9.18 Å². The predicted octanol–water partition coefficient (Wildman–Crippen LogP) is 4.86. The van der Waals surface area contributed by atoms with Crippen LogP contribution < -0.4 is 10.9 Å². The van der Waals surface area contributed by atoms with Gasteiger partial charge in [0.05, 0.1) is 11.7 Å². The summed E-state index contributed by atoms with van der Waals surface area (Å²) in [4.78, 5) is 31.3. The van der Waals surface area contributed by atoms with Gasteiger partial charge in [-0.05, 0) is 48.9 Å². The minimum Gasteiger partial charge on any atom is -0.325 e. The third kappa shape index (κ3) is 3.92. The highest BCUT2D eigenvalue weighted by Gasteiger charge is 2.18. The van der Waals surface area contributed by atoms with Crippen molar-refractivity contribution in [3.63, 3.8) is 0 Å². The Kier molecular flexibility index (Phi) is 5.17. The summed E-state index contributed by atoms with van der Waals surface area (Å²) < 4.78 is 14.6. The molecule has 0 aliphatic rings. The quantitative estimate of drug-likeness (QED) is 0.505. The fourth-order valence-corrected chi connectivity index (χ4v) is 4.23. The Labute approximate surface area is 174 Å². The van der Waals surface area contributed by atoms with Gasteiger partial charge in [0.2, 0.25) is 5.91 Å². The Morgan fingerprint density at radius 1 is 1.17 bits per heavy atom. The number of nitrogens with one attached hydrogen (secondary N) is 1. The third-order valence-corrected chi connectivity index (χ3v) is 5.69. The Morgan fingerprint density at radius 2 is 1.86 bits per heavy atom. The van der Waals surface area contributed by atoms with Gasteiger partial charge in [-0.25, -0.2) is 9.37 Å². The molecule has 8 heteroatoms. The second-order valence-electron chi connectivity index (χ2n) is 6.45. The van der Waals surface area contributed by atoms with E-state index in [9.17, 15) is 14.0 Å². The fraction of sp³-hybridized carbons (Fsp3) is 0.0952. The molecule has 1 amide bonds. The van der Waals surface area contributed by atoms with Crippen LogP contribution in [0.2, 0.25) is 5.02 Å². The number of benzene rings is 2. The van der Waals surface area contributed by atoms with Gasteiger partial charge in [-0.2, -0.15) is 0 Å². The number of hydrogen-bond acceptors (Lipinski definition) is 4. The first kappa shape index (κ1) is 19.3. The molecule has 29 heavy (non-hydrogen) atoms. The number of rotatable bonds is 4. The Morgan fingerprint density at radius 3 is 2.55 bits per heavy atom. The van der Waals surface area contributed by atoms with Crippen LogP contribution in [-0.2, 0) is 11.3 Å². The van der Waals surface area contributed by atoms with E-state index in [2.05, 4.69) is 10.3 Å². The molecule has 0 aliphatic heterocycles. The second-order valence-corrected chi connectivity index (χ2v) is 8.09. The third-order valence-electron chi connectivity index (χ3n) is 4.43. The van der Waals surface area contributed by atoms with E-state index in [0.29, 0.717) is 20.9 Å². The minimum atomic E-state index is -0.356. The Hall–Kier alpha value is -3.03. The highest BCUT2D eigenvalue weighted by molar-refractivity contribution is 7.19. The average molecular weight is 428 g/mol. The van der Waals surface area contributed by atoms with Gasteiger partial charge in [0.15, 0.2) is 0 Å². The summed E-state index contributed by atoms with van der Waals surface area (Å²) in [6, 6.07) is 12.7. The standard InChI is InChI=1S/C21H15ClFN3O2S/c1-12-18(13-2-6-15(23)7-3-13)19-20(29-12)24-11-26(21(19)28)10-17(27)25-16-8-4-14(22)5-9-16/h2-9,11H,10H2,1H3,(H,25,27). The lowest BCUT2D eigenvalue weighted by molar-refractivity contribution is -0.116. The van der Waals surface area contributed by atoms with Gasteiger partial charge >= 0.3 is 0 Å². The second kappa shape index (κ2) is 7.77. The van der Waals surface area contributed by atoms with Gasteiger partial charge in [0.1, 0.15) is 17.2 Å². The van der Waals surface area contributed by atoms with Crippen molar-refractivity contribution >= 4 is 44.7 Å². The molecule has 0 spiro atoms. The maximum atomic E-state index is 13.3. The van der Waals surface area contributed by atoms with E-state index in [1.165, 1.54) is 34.4 Å². The highest BCUT2D eigenvalue weighted by atomic mass is 35.5. The lowest BCUT2D eigenvalue weighted by Gasteiger charge is -2.08. The van der Waals surface area contributed by atoms with Crippen LogP contribution in [0, 0.1) is 12.7 Å². The molecule has 2 heterocycles. The van der Waals surface area contributed by atoms with Crippen molar-refractivity contribution in [2.45, 2.75) is 13.5 Å². The van der Waals surface area contributed by atoms with E-state index < -0.39 is 0 Å². The van der Waals surface area contributed by atoms with E-state index in [1.807, 2.05) is 6.92 Å². The number of carbonyl (C=O) groups is 1. The predicted molar refractivity (Wildman–Crippen MR) is 114 cm³/mol. The number of fused-ring (bicyclic) bond motifs is 1. The first-order valence-corrected chi connectivity index (χ1v) is 9.92. The molecule has 0 saturated heterocycles. The van der Waals surface area contributed by atoms with Crippen LogP contribution in [0.25, 0.3) is 21.3 Å². The number of halogens is 2. The monoisotopic (exact) mass is 427 g/mol. The molecule has 0 unspecified atom stereocenters. The zero-order valence-electron chi connectivity index (χ0n) is 15.3. The van der Waals surface area contributed by atoms with Crippen molar-refractivity contribution in [1.82, 2.24) is 9.55 Å². The summed E-state index contributed by atoms with van der Waals surface area (Å²) >= 11 is 7.24. The molecule has 0 bridgehead atoms. The molecule has 2 aromatic heterocycles. The summed E-state index contributed by atoms with van der Waals surface area (Å²) in [6.45, 7) is 1.71. The minimum absolute atomic E-state index is 0.178. The topological polar surface area (TPSA) is 64.0 Å². The van der Waals surface area contributed by atoms with Crippen LogP contribution >= 0.6 is 22.9 Å². The molecule has 1 N–H and O–H groups in total. The number of aromatic nitrogens is 2. The largest absolute Gasteiger partial charge is 0.325 e. The van der Waals surface area contributed by atoms with Crippen LogP contribution in [0.1, 0.15) is 4.88 Å². The number of aryl methyl sites for hydroxylation is 1. The van der Waals surface area contributed by atoms with Gasteiger partial charge in [0.25, 0.3) is 5.56 Å². The summed E-state index contributed by atoms with van der Waals surface area (Å²) in [5.41, 5.74) is 1.72. The van der Waals surface area contributed by atoms with E-state index in [4.69, 9.17) is 11.6 Å². The Bertz CT molecular complexity index is 1260. The molecule has 5 nitrogen and oxygen atoms in total. The molecular weight excluding hydrogens is 413 g/mol. The lowest BCUT2D eigenvalue weighted by atomic mass is 10.0. The Balaban J connectivity index is 1.69. The zero-order valence-corrected chi connectivity index (χ0v) is 16.9. The smallest absolute Gasteiger partial charge is 0.263 e. The first-order chi connectivity index (χ1) is 13.9. The number of anilines is 1. The summed E-state index contributed by atoms with van der Waals surface area (Å²) in [5, 5.41) is 3.72. The highest BCUT2D eigenvalue weighted by Crippen LogP contribution is 2.35. The molecular formula is C21H15ClFN3O2S. The average Bonchev–Trinajstić information content (AvgIpc) is 3.03. The van der Waals surface area contributed by atoms with Crippen LogP contribution in [0.15, 0.2) is 59.7 Å². The summed E-state index contributed by atoms with van der Waals surface area (Å²) in [7, 11) is 0. The number of hydrogen-bond donors (Lipinski definition) is 1. The molecule has 146 valence electrons. The van der Waals surface area contributed by atoms with Crippen molar-refractivity contribution in [2.24, 2.45) is 0 Å². The number of nitrogens with zero attached hydrogens (tertiary/aromatic N) is 2. The summed E-state index contributed by atoms with van der Waals surface area (Å²) in [6.07, 6.45) is 1.37. The number of thiophene rings is 1. The van der Waals surface area contributed by atoms with Gasteiger partial charge in [0, 0.05) is 21.2 Å². The molecule has 0 aliphatic carbocycles. The molecule has 4 aromatic rings. The van der Waals surface area contributed by atoms with Crippen molar-refractivity contribution in [2.75, 3.05) is 5.32 Å². The zero-order chi connectivity index (χ0) is 20.5. The van der Waals surface area contributed by atoms with Crippen LogP contribution in [0.4, 0.5) is 10.1 Å². The maximum absolute atomic E-state index is 13.3. The van der Waals surface area contributed by atoms with Crippen LogP contribution in [-0.4, -0.2) is 15.5 Å². The van der Waals surface area contributed by atoms with E-state index >= 15 is 0 Å². The summed E-state index contributed by atoms with van der Waals surface area (Å²) in [5.74, 6) is -0.703. The molecule has 0 radical (unpaired) electrons. The fourth-order valence-electron chi connectivity index (χ4n) is 3.10. The van der Waals surface area contributed by atoms with Gasteiger partial charge in [-0.3, -0.25) is 14.2 Å². The van der Waals surface area contributed by atoms with Crippen molar-refractivity contribution in [3.05, 3.63) is 80.9 Å². The van der Waals surface area contributed by atoms with Gasteiger partial charge < -0.3 is 5.32 Å². The van der Waals surface area contributed by atoms with E-state index in [-0.39, 0.29) is 23.8 Å². The molecule has 0 saturated carbocycles. The maximum Gasteiger partial charge on any atom is 0.263 e. The molecule has 0 fully saturated rings. The SMILES string of the molecule is Cc1sc2ncn(CC(=O)Nc3ccc(Cl)cc3)c(=O)c2c1-c1ccc(F)cc1. The van der Waals surface area contributed by atoms with Crippen molar-refractivity contribution in [1.29, 1.82) is 0 Å². The number of carbonyl (C=O) groups excluding carboxylic acids is 1. The van der Waals surface area contributed by atoms with Gasteiger partial charge in [-0.15, -0.1) is 11.3 Å². The van der Waals surface area contributed by atoms with Crippen LogP contribution in [0.5, 0.6) is 0 Å². The van der Waals surface area contributed by atoms with E-state index in [1.54, 1.807) is 36.4 Å². The van der Waals surface area contributed by atoms with E-state index in [0.717, 1.165) is 16.0 Å². The molecule has 2 aromatic carbocycles. The van der Waals surface area contributed by atoms with Gasteiger partial charge in [-0.1, -0.05) is 23.7 Å². The molecule has 4 rings (SSSR count). The van der Waals surface area contributed by atoms with Crippen molar-refractivity contribution in [3.8, 4) is 11.1 Å². The first-order valence-electron chi connectivity index (χ1n) is 8.72.